The Balaban J connectivity index is 3.07. The van der Waals surface area contributed by atoms with Crippen molar-refractivity contribution in [3.8, 4) is 11.5 Å². The SMILES string of the molecule is [N-]=[N+]=NCC(O)C(O)c1cc(O)ccc1OC(F)(F)F. The molecule has 0 aliphatic carbocycles. The van der Waals surface area contributed by atoms with Gasteiger partial charge in [-0.25, -0.2) is 0 Å². The highest BCUT2D eigenvalue weighted by Crippen LogP contribution is 2.34. The number of phenolic OH excluding ortho intramolecular Hbond substituents is 1. The number of halogens is 3. The Labute approximate surface area is 110 Å². The molecule has 0 aliphatic rings. The molecule has 2 unspecified atom stereocenters. The minimum Gasteiger partial charge on any atom is -0.508 e. The van der Waals surface area contributed by atoms with Gasteiger partial charge in [0.05, 0.1) is 12.6 Å². The van der Waals surface area contributed by atoms with Gasteiger partial charge in [0.15, 0.2) is 0 Å². The number of azide groups is 1. The van der Waals surface area contributed by atoms with Crippen molar-refractivity contribution >= 4 is 0 Å². The van der Waals surface area contributed by atoms with Crippen LogP contribution in [0.25, 0.3) is 10.4 Å². The Bertz CT molecular complexity index is 517. The van der Waals surface area contributed by atoms with E-state index in [1.54, 1.807) is 0 Å². The number of aliphatic hydroxyl groups excluding tert-OH is 2. The van der Waals surface area contributed by atoms with E-state index < -0.39 is 42.2 Å². The molecule has 0 saturated heterocycles. The fraction of sp³-hybridized carbons (Fsp3) is 0.400. The summed E-state index contributed by atoms with van der Waals surface area (Å²) in [5.74, 6) is -1.20. The van der Waals surface area contributed by atoms with Crippen LogP contribution < -0.4 is 4.74 Å². The average molecular weight is 293 g/mol. The number of nitrogens with zero attached hydrogens (tertiary/aromatic N) is 3. The number of alkyl halides is 3. The van der Waals surface area contributed by atoms with Crippen LogP contribution in [0.4, 0.5) is 13.2 Å². The topological polar surface area (TPSA) is 119 Å². The Hall–Kier alpha value is -2.16. The van der Waals surface area contributed by atoms with E-state index in [0.717, 1.165) is 18.2 Å². The van der Waals surface area contributed by atoms with Gasteiger partial charge in [0, 0.05) is 10.5 Å². The van der Waals surface area contributed by atoms with E-state index in [-0.39, 0.29) is 0 Å². The van der Waals surface area contributed by atoms with Crippen molar-refractivity contribution in [2.24, 2.45) is 5.11 Å². The number of rotatable bonds is 5. The summed E-state index contributed by atoms with van der Waals surface area (Å²) in [5, 5.41) is 31.4. The summed E-state index contributed by atoms with van der Waals surface area (Å²) >= 11 is 0. The number of aromatic hydroxyl groups is 1. The fourth-order valence-corrected chi connectivity index (χ4v) is 1.41. The molecule has 10 heteroatoms. The number of hydrogen-bond donors (Lipinski definition) is 3. The second kappa shape index (κ2) is 6.33. The van der Waals surface area contributed by atoms with Gasteiger partial charge in [0.2, 0.25) is 0 Å². The molecule has 1 aromatic rings. The highest BCUT2D eigenvalue weighted by Gasteiger charge is 2.33. The lowest BCUT2D eigenvalue weighted by Crippen LogP contribution is -2.24. The lowest BCUT2D eigenvalue weighted by molar-refractivity contribution is -0.275. The molecule has 110 valence electrons. The van der Waals surface area contributed by atoms with Crippen LogP contribution in [-0.2, 0) is 0 Å². The van der Waals surface area contributed by atoms with Crippen molar-refractivity contribution in [2.75, 3.05) is 6.54 Å². The smallest absolute Gasteiger partial charge is 0.508 e. The maximum atomic E-state index is 12.2. The van der Waals surface area contributed by atoms with Gasteiger partial charge >= 0.3 is 6.36 Å². The van der Waals surface area contributed by atoms with Gasteiger partial charge in [-0.1, -0.05) is 5.11 Å². The third-order valence-corrected chi connectivity index (χ3v) is 2.23. The Morgan fingerprint density at radius 2 is 2.00 bits per heavy atom. The van der Waals surface area contributed by atoms with E-state index in [0.29, 0.717) is 0 Å². The molecule has 0 radical (unpaired) electrons. The normalized spacial score (nSPS) is 14.2. The second-order valence-corrected chi connectivity index (χ2v) is 3.70. The van der Waals surface area contributed by atoms with Crippen LogP contribution in [0.2, 0.25) is 0 Å². The van der Waals surface area contributed by atoms with Gasteiger partial charge in [-0.15, -0.1) is 13.2 Å². The van der Waals surface area contributed by atoms with Gasteiger partial charge in [0.25, 0.3) is 0 Å². The number of aliphatic hydroxyl groups is 2. The third-order valence-electron chi connectivity index (χ3n) is 2.23. The van der Waals surface area contributed by atoms with Crippen LogP contribution >= 0.6 is 0 Å². The highest BCUT2D eigenvalue weighted by molar-refractivity contribution is 5.41. The number of hydrogen-bond acceptors (Lipinski definition) is 5. The zero-order valence-corrected chi connectivity index (χ0v) is 9.82. The molecule has 20 heavy (non-hydrogen) atoms. The molecule has 0 spiro atoms. The number of benzene rings is 1. The summed E-state index contributed by atoms with van der Waals surface area (Å²) in [6, 6.07) is 2.53. The molecule has 0 amide bonds. The first-order chi connectivity index (χ1) is 9.24. The lowest BCUT2D eigenvalue weighted by atomic mass is 10.0. The second-order valence-electron chi connectivity index (χ2n) is 3.70. The summed E-state index contributed by atoms with van der Waals surface area (Å²) in [6.45, 7) is -0.557. The molecule has 0 fully saturated rings. The van der Waals surface area contributed by atoms with Crippen LogP contribution in [0.15, 0.2) is 23.3 Å². The van der Waals surface area contributed by atoms with E-state index in [9.17, 15) is 28.5 Å². The van der Waals surface area contributed by atoms with E-state index in [1.807, 2.05) is 0 Å². The van der Waals surface area contributed by atoms with Crippen LogP contribution in [-0.4, -0.2) is 34.3 Å². The summed E-state index contributed by atoms with van der Waals surface area (Å²) in [7, 11) is 0. The molecule has 0 saturated carbocycles. The predicted octanol–water partition coefficient (Wildman–Crippen LogP) is 2.00. The summed E-state index contributed by atoms with van der Waals surface area (Å²) in [4.78, 5) is 2.34. The zero-order chi connectivity index (χ0) is 15.3. The largest absolute Gasteiger partial charge is 0.573 e. The van der Waals surface area contributed by atoms with Crippen LogP contribution in [0.1, 0.15) is 11.7 Å². The molecular weight excluding hydrogens is 283 g/mol. The van der Waals surface area contributed by atoms with Crippen molar-refractivity contribution in [1.29, 1.82) is 0 Å². The Morgan fingerprint density at radius 3 is 2.55 bits per heavy atom. The van der Waals surface area contributed by atoms with Crippen molar-refractivity contribution in [1.82, 2.24) is 0 Å². The van der Waals surface area contributed by atoms with Crippen molar-refractivity contribution in [3.63, 3.8) is 0 Å². The van der Waals surface area contributed by atoms with E-state index in [1.165, 1.54) is 0 Å². The number of ether oxygens (including phenoxy) is 1. The summed E-state index contributed by atoms with van der Waals surface area (Å²) in [5.41, 5.74) is 7.59. The van der Waals surface area contributed by atoms with Crippen LogP contribution in [0.5, 0.6) is 11.5 Å². The molecule has 0 aliphatic heterocycles. The van der Waals surface area contributed by atoms with E-state index in [2.05, 4.69) is 14.8 Å². The maximum Gasteiger partial charge on any atom is 0.573 e. The lowest BCUT2D eigenvalue weighted by Gasteiger charge is -2.20. The fourth-order valence-electron chi connectivity index (χ4n) is 1.41. The molecule has 7 nitrogen and oxygen atoms in total. The zero-order valence-electron chi connectivity index (χ0n) is 9.82. The van der Waals surface area contributed by atoms with Gasteiger partial charge in [-0.2, -0.15) is 0 Å². The number of phenols is 1. The quantitative estimate of drug-likeness (QED) is 0.437. The van der Waals surface area contributed by atoms with Gasteiger partial charge in [-0.3, -0.25) is 0 Å². The van der Waals surface area contributed by atoms with E-state index in [4.69, 9.17) is 5.53 Å². The minimum absolute atomic E-state index is 0.426. The summed E-state index contributed by atoms with van der Waals surface area (Å²) in [6.07, 6.45) is -8.48. The molecule has 0 aromatic heterocycles. The molecule has 0 bridgehead atoms. The first-order valence-electron chi connectivity index (χ1n) is 5.20. The molecular formula is C10H10F3N3O4. The van der Waals surface area contributed by atoms with Crippen molar-refractivity contribution in [3.05, 3.63) is 34.2 Å². The first-order valence-corrected chi connectivity index (χ1v) is 5.20. The van der Waals surface area contributed by atoms with Crippen molar-refractivity contribution < 1.29 is 33.2 Å². The predicted molar refractivity (Wildman–Crippen MR) is 59.8 cm³/mol. The van der Waals surface area contributed by atoms with Gasteiger partial charge in [-0.05, 0) is 23.7 Å². The average Bonchev–Trinajstić information content (AvgIpc) is 2.35. The van der Waals surface area contributed by atoms with Gasteiger partial charge in [0.1, 0.15) is 17.6 Å². The van der Waals surface area contributed by atoms with Crippen molar-refractivity contribution in [2.45, 2.75) is 18.6 Å². The Morgan fingerprint density at radius 1 is 1.35 bits per heavy atom. The monoisotopic (exact) mass is 293 g/mol. The molecule has 2 atom stereocenters. The minimum atomic E-state index is -5.00. The van der Waals surface area contributed by atoms with E-state index >= 15 is 0 Å². The Kier molecular flexibility index (Phi) is 5.03. The molecule has 3 N–H and O–H groups in total. The molecule has 0 heterocycles. The standard InChI is InChI=1S/C10H10F3N3O4/c11-10(12,13)20-8-2-1-5(17)3-6(8)9(19)7(18)4-15-16-14/h1-3,7,9,17-19H,4H2. The first kappa shape index (κ1) is 15.9. The molecule has 1 aromatic carbocycles. The third kappa shape index (κ3) is 4.50. The van der Waals surface area contributed by atoms with Gasteiger partial charge < -0.3 is 20.1 Å². The van der Waals surface area contributed by atoms with Crippen LogP contribution in [0.3, 0.4) is 0 Å². The molecule has 1 rings (SSSR count). The van der Waals surface area contributed by atoms with Crippen LogP contribution in [0, 0.1) is 0 Å². The highest BCUT2D eigenvalue weighted by atomic mass is 19.4. The maximum absolute atomic E-state index is 12.2. The summed E-state index contributed by atoms with van der Waals surface area (Å²) < 4.78 is 40.3.